The van der Waals surface area contributed by atoms with Crippen molar-refractivity contribution in [1.82, 2.24) is 9.78 Å². The van der Waals surface area contributed by atoms with E-state index in [1.807, 2.05) is 32.9 Å². The predicted octanol–water partition coefficient (Wildman–Crippen LogP) is 2.84. The Morgan fingerprint density at radius 3 is 2.78 bits per heavy atom. The number of hydrogen-bond acceptors (Lipinski definition) is 5. The van der Waals surface area contributed by atoms with Crippen LogP contribution in [0.2, 0.25) is 0 Å². The van der Waals surface area contributed by atoms with Gasteiger partial charge in [-0.2, -0.15) is 5.10 Å². The van der Waals surface area contributed by atoms with E-state index in [-0.39, 0.29) is 12.2 Å². The zero-order valence-electron chi connectivity index (χ0n) is 15.9. The molecular formula is C21H24N2O4. The van der Waals surface area contributed by atoms with Crippen molar-refractivity contribution < 1.29 is 14.3 Å². The molecule has 27 heavy (non-hydrogen) atoms. The third-order valence-electron chi connectivity index (χ3n) is 5.51. The first-order valence-corrected chi connectivity index (χ1v) is 9.34. The van der Waals surface area contributed by atoms with E-state index in [1.54, 1.807) is 10.7 Å². The molecule has 0 bridgehead atoms. The van der Waals surface area contributed by atoms with Crippen molar-refractivity contribution in [3.63, 3.8) is 0 Å². The summed E-state index contributed by atoms with van der Waals surface area (Å²) in [5.41, 5.74) is 5.37. The van der Waals surface area contributed by atoms with Gasteiger partial charge >= 0.3 is 5.63 Å². The smallest absolute Gasteiger partial charge is 0.339 e. The number of rotatable bonds is 5. The number of fused-ring (bicyclic) bond motifs is 3. The second-order valence-electron chi connectivity index (χ2n) is 7.30. The average molecular weight is 368 g/mol. The summed E-state index contributed by atoms with van der Waals surface area (Å²) in [5.74, 6) is 0.576. The maximum Gasteiger partial charge on any atom is 0.339 e. The number of ether oxygens (including phenoxy) is 1. The summed E-state index contributed by atoms with van der Waals surface area (Å²) in [6.07, 6.45) is 2.02. The number of aryl methyl sites for hydroxylation is 2. The lowest BCUT2D eigenvalue weighted by atomic mass is 10.1. The fourth-order valence-corrected chi connectivity index (χ4v) is 3.76. The summed E-state index contributed by atoms with van der Waals surface area (Å²) < 4.78 is 13.0. The van der Waals surface area contributed by atoms with E-state index in [0.29, 0.717) is 17.9 Å². The molecule has 3 aromatic rings. The maximum atomic E-state index is 12.1. The van der Waals surface area contributed by atoms with E-state index in [0.717, 1.165) is 52.7 Å². The van der Waals surface area contributed by atoms with Gasteiger partial charge in [0.25, 0.3) is 0 Å². The highest BCUT2D eigenvalue weighted by atomic mass is 16.5. The van der Waals surface area contributed by atoms with Crippen molar-refractivity contribution >= 4 is 11.0 Å². The first kappa shape index (κ1) is 17.8. The monoisotopic (exact) mass is 368 g/mol. The number of nitrogens with zero attached hydrogens (tertiary/aromatic N) is 2. The van der Waals surface area contributed by atoms with Gasteiger partial charge in [0.05, 0.1) is 12.2 Å². The molecule has 0 radical (unpaired) electrons. The molecule has 1 unspecified atom stereocenters. The molecular weight excluding hydrogens is 344 g/mol. The Morgan fingerprint density at radius 1 is 1.26 bits per heavy atom. The highest BCUT2D eigenvalue weighted by Crippen LogP contribution is 2.29. The van der Waals surface area contributed by atoms with E-state index in [4.69, 9.17) is 9.15 Å². The molecule has 2 aromatic heterocycles. The molecule has 0 spiro atoms. The van der Waals surface area contributed by atoms with Gasteiger partial charge < -0.3 is 14.3 Å². The van der Waals surface area contributed by atoms with E-state index >= 15 is 0 Å². The highest BCUT2D eigenvalue weighted by Gasteiger charge is 2.20. The second kappa shape index (κ2) is 6.85. The topological polar surface area (TPSA) is 77.5 Å². The fraction of sp³-hybridized carbons (Fsp3) is 0.429. The molecule has 2 heterocycles. The van der Waals surface area contributed by atoms with Gasteiger partial charge in [-0.3, -0.25) is 4.68 Å². The SMILES string of the molecule is Cc1nn(CC(O)COc2ccc3c4c(c(=O)oc3c2)CCC4)c(C)c1C. The van der Waals surface area contributed by atoms with Crippen LogP contribution in [0.3, 0.4) is 0 Å². The van der Waals surface area contributed by atoms with Crippen LogP contribution in [0.15, 0.2) is 27.4 Å². The van der Waals surface area contributed by atoms with Crippen LogP contribution in [0, 0.1) is 20.8 Å². The third kappa shape index (κ3) is 3.25. The number of aromatic nitrogens is 2. The zero-order valence-corrected chi connectivity index (χ0v) is 15.9. The van der Waals surface area contributed by atoms with Crippen molar-refractivity contribution in [2.75, 3.05) is 6.61 Å². The van der Waals surface area contributed by atoms with Crippen LogP contribution in [0.4, 0.5) is 0 Å². The van der Waals surface area contributed by atoms with Gasteiger partial charge in [0, 0.05) is 22.7 Å². The normalized spacial score (nSPS) is 14.5. The first-order valence-electron chi connectivity index (χ1n) is 9.34. The fourth-order valence-electron chi connectivity index (χ4n) is 3.76. The van der Waals surface area contributed by atoms with E-state index in [2.05, 4.69) is 5.10 Å². The van der Waals surface area contributed by atoms with Crippen molar-refractivity contribution in [3.05, 3.63) is 56.7 Å². The van der Waals surface area contributed by atoms with Gasteiger partial charge in [0.2, 0.25) is 0 Å². The number of benzene rings is 1. The Hall–Kier alpha value is -2.60. The van der Waals surface area contributed by atoms with E-state index in [1.165, 1.54) is 0 Å². The van der Waals surface area contributed by atoms with Crippen LogP contribution in [-0.2, 0) is 19.4 Å². The third-order valence-corrected chi connectivity index (χ3v) is 5.51. The van der Waals surface area contributed by atoms with Crippen molar-refractivity contribution in [1.29, 1.82) is 0 Å². The maximum absolute atomic E-state index is 12.1. The minimum Gasteiger partial charge on any atom is -0.491 e. The molecule has 1 N–H and O–H groups in total. The van der Waals surface area contributed by atoms with Crippen molar-refractivity contribution in [3.8, 4) is 5.75 Å². The Bertz CT molecular complexity index is 1060. The predicted molar refractivity (Wildman–Crippen MR) is 102 cm³/mol. The summed E-state index contributed by atoms with van der Waals surface area (Å²) in [7, 11) is 0. The standard InChI is InChI=1S/C21H24N2O4/c1-12-13(2)22-23(14(12)3)10-15(24)11-26-16-7-8-18-17-5-4-6-19(17)21(25)27-20(18)9-16/h7-9,15,24H,4-6,10-11H2,1-3H3. The van der Waals surface area contributed by atoms with Crippen LogP contribution in [0.25, 0.3) is 11.0 Å². The van der Waals surface area contributed by atoms with Gasteiger partial charge in [-0.1, -0.05) is 0 Å². The highest BCUT2D eigenvalue weighted by molar-refractivity contribution is 5.83. The quantitative estimate of drug-likeness (QED) is 0.701. The second-order valence-corrected chi connectivity index (χ2v) is 7.30. The lowest BCUT2D eigenvalue weighted by Crippen LogP contribution is -2.24. The van der Waals surface area contributed by atoms with Crippen LogP contribution in [-0.4, -0.2) is 27.6 Å². The summed E-state index contributed by atoms with van der Waals surface area (Å²) in [5, 5.41) is 15.7. The van der Waals surface area contributed by atoms with Crippen LogP contribution in [0.5, 0.6) is 5.75 Å². The Kier molecular flexibility index (Phi) is 4.52. The lowest BCUT2D eigenvalue weighted by Gasteiger charge is -2.14. The average Bonchev–Trinajstić information content (AvgIpc) is 3.22. The molecule has 6 nitrogen and oxygen atoms in total. The van der Waals surface area contributed by atoms with Crippen LogP contribution < -0.4 is 10.4 Å². The number of hydrogen-bond donors (Lipinski definition) is 1. The van der Waals surface area contributed by atoms with Crippen molar-refractivity contribution in [2.24, 2.45) is 0 Å². The number of aliphatic hydroxyl groups is 1. The first-order chi connectivity index (χ1) is 12.9. The number of aliphatic hydroxyl groups excluding tert-OH is 1. The molecule has 0 saturated carbocycles. The molecule has 0 fully saturated rings. The molecule has 1 aromatic carbocycles. The van der Waals surface area contributed by atoms with E-state index in [9.17, 15) is 9.90 Å². The van der Waals surface area contributed by atoms with Gasteiger partial charge in [-0.15, -0.1) is 0 Å². The summed E-state index contributed by atoms with van der Waals surface area (Å²) >= 11 is 0. The van der Waals surface area contributed by atoms with Gasteiger partial charge in [-0.25, -0.2) is 4.79 Å². The van der Waals surface area contributed by atoms with Crippen LogP contribution >= 0.6 is 0 Å². The van der Waals surface area contributed by atoms with E-state index < -0.39 is 6.10 Å². The molecule has 0 aliphatic heterocycles. The van der Waals surface area contributed by atoms with Crippen molar-refractivity contribution in [2.45, 2.75) is 52.7 Å². The Labute approximate surface area is 157 Å². The van der Waals surface area contributed by atoms with Gasteiger partial charge in [0.15, 0.2) is 0 Å². The molecule has 1 aliphatic carbocycles. The molecule has 4 rings (SSSR count). The summed E-state index contributed by atoms with van der Waals surface area (Å²) in [6.45, 7) is 6.49. The molecule has 1 aliphatic rings. The summed E-state index contributed by atoms with van der Waals surface area (Å²) in [6, 6.07) is 5.53. The Balaban J connectivity index is 1.48. The molecule has 1 atom stereocenters. The molecule has 0 amide bonds. The minimum atomic E-state index is -0.690. The zero-order chi connectivity index (χ0) is 19.1. The Morgan fingerprint density at radius 2 is 2.04 bits per heavy atom. The summed E-state index contributed by atoms with van der Waals surface area (Å²) in [4.78, 5) is 12.1. The lowest BCUT2D eigenvalue weighted by molar-refractivity contribution is 0.0887. The molecule has 0 saturated heterocycles. The molecule has 6 heteroatoms. The van der Waals surface area contributed by atoms with Crippen LogP contribution in [0.1, 0.15) is 34.5 Å². The van der Waals surface area contributed by atoms with Gasteiger partial charge in [-0.05, 0) is 63.3 Å². The molecule has 142 valence electrons. The minimum absolute atomic E-state index is 0.137. The van der Waals surface area contributed by atoms with Gasteiger partial charge in [0.1, 0.15) is 24.0 Å². The largest absolute Gasteiger partial charge is 0.491 e.